The number of hydrogen-bond donors (Lipinski definition) is 0. The lowest BCUT2D eigenvalue weighted by Crippen LogP contribution is -2.53. The van der Waals surface area contributed by atoms with E-state index in [1.807, 2.05) is 11.3 Å². The Kier molecular flexibility index (Phi) is 1.99. The molecule has 1 spiro atoms. The van der Waals surface area contributed by atoms with Crippen LogP contribution in [0.3, 0.4) is 0 Å². The molecule has 3 heteroatoms. The maximum atomic E-state index is 12.5. The third kappa shape index (κ3) is 1.48. The van der Waals surface area contributed by atoms with E-state index in [1.54, 1.807) is 0 Å². The monoisotopic (exact) mass is 247 g/mol. The molecule has 2 nitrogen and oxygen atoms in total. The molecule has 0 bridgehead atoms. The van der Waals surface area contributed by atoms with E-state index in [9.17, 15) is 4.79 Å². The summed E-state index contributed by atoms with van der Waals surface area (Å²) in [6.07, 6.45) is 6.13. The fourth-order valence-electron chi connectivity index (χ4n) is 3.38. The number of thiophene rings is 1. The third-order valence-corrected chi connectivity index (χ3v) is 5.67. The van der Waals surface area contributed by atoms with E-state index in [1.165, 1.54) is 36.1 Å². The van der Waals surface area contributed by atoms with Gasteiger partial charge >= 0.3 is 0 Å². The first kappa shape index (κ1) is 10.1. The van der Waals surface area contributed by atoms with Crippen LogP contribution >= 0.6 is 11.3 Å². The van der Waals surface area contributed by atoms with Crippen molar-refractivity contribution in [3.63, 3.8) is 0 Å². The molecule has 1 amide bonds. The molecule has 4 rings (SSSR count). The Morgan fingerprint density at radius 3 is 3.00 bits per heavy atom. The van der Waals surface area contributed by atoms with Crippen LogP contribution in [-0.2, 0) is 11.2 Å². The SMILES string of the molecule is O=C(C1CCCc2sccc21)N1CC2(CC2)C1. The molecule has 1 atom stereocenters. The van der Waals surface area contributed by atoms with Gasteiger partial charge in [-0.25, -0.2) is 0 Å². The molecule has 0 radical (unpaired) electrons. The van der Waals surface area contributed by atoms with Crippen LogP contribution in [0.4, 0.5) is 0 Å². The summed E-state index contributed by atoms with van der Waals surface area (Å²) in [5.74, 6) is 0.586. The zero-order chi connectivity index (χ0) is 11.5. The van der Waals surface area contributed by atoms with Crippen LogP contribution in [0.2, 0.25) is 0 Å². The second-order valence-electron chi connectivity index (χ2n) is 5.94. The zero-order valence-corrected chi connectivity index (χ0v) is 10.8. The third-order valence-electron chi connectivity index (χ3n) is 4.67. The van der Waals surface area contributed by atoms with Gasteiger partial charge in [-0.15, -0.1) is 11.3 Å². The number of hydrogen-bond acceptors (Lipinski definition) is 2. The lowest BCUT2D eigenvalue weighted by molar-refractivity contribution is -0.140. The summed E-state index contributed by atoms with van der Waals surface area (Å²) in [5, 5.41) is 2.15. The second kappa shape index (κ2) is 3.35. The standard InChI is InChI=1S/C14H17NOS/c16-13(15-8-14(9-15)5-6-14)11-2-1-3-12-10(11)4-7-17-12/h4,7,11H,1-3,5-6,8-9H2. The minimum Gasteiger partial charge on any atom is -0.341 e. The average Bonchev–Trinajstić information content (AvgIpc) is 2.96. The van der Waals surface area contributed by atoms with Gasteiger partial charge in [-0.3, -0.25) is 4.79 Å². The Balaban J connectivity index is 1.54. The molecular formula is C14H17NOS. The Hall–Kier alpha value is -0.830. The molecule has 90 valence electrons. The van der Waals surface area contributed by atoms with Crippen molar-refractivity contribution in [3.05, 3.63) is 21.9 Å². The number of carbonyl (C=O) groups excluding carboxylic acids is 1. The number of aryl methyl sites for hydroxylation is 1. The molecule has 2 fully saturated rings. The number of amides is 1. The van der Waals surface area contributed by atoms with Crippen molar-refractivity contribution in [2.75, 3.05) is 13.1 Å². The van der Waals surface area contributed by atoms with Crippen LogP contribution in [0.1, 0.15) is 42.0 Å². The van der Waals surface area contributed by atoms with E-state index in [0.29, 0.717) is 11.3 Å². The van der Waals surface area contributed by atoms with Gasteiger partial charge in [0.25, 0.3) is 0 Å². The Labute approximate surface area is 106 Å². The number of likely N-dealkylation sites (tertiary alicyclic amines) is 1. The minimum atomic E-state index is 0.182. The molecule has 2 heterocycles. The van der Waals surface area contributed by atoms with Gasteiger partial charge in [-0.05, 0) is 49.1 Å². The topological polar surface area (TPSA) is 20.3 Å². The minimum absolute atomic E-state index is 0.182. The summed E-state index contributed by atoms with van der Waals surface area (Å²) in [6.45, 7) is 2.09. The first-order chi connectivity index (χ1) is 8.27. The van der Waals surface area contributed by atoms with Crippen LogP contribution in [0, 0.1) is 5.41 Å². The average molecular weight is 247 g/mol. The van der Waals surface area contributed by atoms with E-state index >= 15 is 0 Å². The first-order valence-corrected chi connectivity index (χ1v) is 7.51. The second-order valence-corrected chi connectivity index (χ2v) is 6.94. The molecule has 2 aliphatic carbocycles. The Morgan fingerprint density at radius 2 is 2.24 bits per heavy atom. The molecule has 1 aromatic heterocycles. The highest BCUT2D eigenvalue weighted by atomic mass is 32.1. The van der Waals surface area contributed by atoms with Gasteiger partial charge in [0.05, 0.1) is 5.92 Å². The van der Waals surface area contributed by atoms with Crippen molar-refractivity contribution in [2.45, 2.75) is 38.0 Å². The molecule has 3 aliphatic rings. The summed E-state index contributed by atoms with van der Waals surface area (Å²) in [5.41, 5.74) is 1.92. The van der Waals surface area contributed by atoms with Gasteiger partial charge in [-0.1, -0.05) is 0 Å². The van der Waals surface area contributed by atoms with E-state index in [2.05, 4.69) is 16.3 Å². The predicted octanol–water partition coefficient (Wildman–Crippen LogP) is 2.79. The largest absolute Gasteiger partial charge is 0.341 e. The fraction of sp³-hybridized carbons (Fsp3) is 0.643. The fourth-order valence-corrected chi connectivity index (χ4v) is 4.36. The van der Waals surface area contributed by atoms with Gasteiger partial charge in [-0.2, -0.15) is 0 Å². The summed E-state index contributed by atoms with van der Waals surface area (Å²) in [6, 6.07) is 2.18. The Bertz CT molecular complexity index is 466. The Morgan fingerprint density at radius 1 is 1.41 bits per heavy atom. The summed E-state index contributed by atoms with van der Waals surface area (Å²) >= 11 is 1.83. The molecule has 1 saturated carbocycles. The summed E-state index contributed by atoms with van der Waals surface area (Å²) in [7, 11) is 0. The smallest absolute Gasteiger partial charge is 0.230 e. The van der Waals surface area contributed by atoms with E-state index in [-0.39, 0.29) is 5.92 Å². The first-order valence-electron chi connectivity index (χ1n) is 6.63. The van der Waals surface area contributed by atoms with Crippen molar-refractivity contribution in [1.29, 1.82) is 0 Å². The number of fused-ring (bicyclic) bond motifs is 1. The van der Waals surface area contributed by atoms with Crippen molar-refractivity contribution in [2.24, 2.45) is 5.41 Å². The van der Waals surface area contributed by atoms with E-state index in [4.69, 9.17) is 0 Å². The number of carbonyl (C=O) groups is 1. The quantitative estimate of drug-likeness (QED) is 0.747. The summed E-state index contributed by atoms with van der Waals surface area (Å²) < 4.78 is 0. The number of nitrogens with zero attached hydrogens (tertiary/aromatic N) is 1. The molecule has 1 unspecified atom stereocenters. The van der Waals surface area contributed by atoms with Gasteiger partial charge in [0.2, 0.25) is 5.91 Å². The highest BCUT2D eigenvalue weighted by Crippen LogP contribution is 2.53. The van der Waals surface area contributed by atoms with E-state index < -0.39 is 0 Å². The van der Waals surface area contributed by atoms with Crippen LogP contribution < -0.4 is 0 Å². The molecule has 1 saturated heterocycles. The van der Waals surface area contributed by atoms with Crippen molar-refractivity contribution in [3.8, 4) is 0 Å². The van der Waals surface area contributed by atoms with Crippen molar-refractivity contribution in [1.82, 2.24) is 4.90 Å². The number of rotatable bonds is 1. The molecule has 0 aromatic carbocycles. The predicted molar refractivity (Wildman–Crippen MR) is 68.2 cm³/mol. The maximum absolute atomic E-state index is 12.5. The molecule has 17 heavy (non-hydrogen) atoms. The lowest BCUT2D eigenvalue weighted by Gasteiger charge is -2.42. The molecule has 0 N–H and O–H groups in total. The van der Waals surface area contributed by atoms with Crippen LogP contribution in [-0.4, -0.2) is 23.9 Å². The van der Waals surface area contributed by atoms with Crippen LogP contribution in [0.25, 0.3) is 0 Å². The highest BCUT2D eigenvalue weighted by molar-refractivity contribution is 7.10. The van der Waals surface area contributed by atoms with Gasteiger partial charge in [0, 0.05) is 23.4 Å². The van der Waals surface area contributed by atoms with Gasteiger partial charge in [0.15, 0.2) is 0 Å². The van der Waals surface area contributed by atoms with Crippen LogP contribution in [0.15, 0.2) is 11.4 Å². The zero-order valence-electron chi connectivity index (χ0n) is 9.95. The highest BCUT2D eigenvalue weighted by Gasteiger charge is 2.54. The van der Waals surface area contributed by atoms with Crippen LogP contribution in [0.5, 0.6) is 0 Å². The van der Waals surface area contributed by atoms with E-state index in [0.717, 1.165) is 19.5 Å². The maximum Gasteiger partial charge on any atom is 0.230 e. The van der Waals surface area contributed by atoms with Crippen molar-refractivity contribution < 1.29 is 4.79 Å². The molecule has 1 aromatic rings. The van der Waals surface area contributed by atoms with Gasteiger partial charge < -0.3 is 4.90 Å². The van der Waals surface area contributed by atoms with Gasteiger partial charge in [0.1, 0.15) is 0 Å². The normalized spacial score (nSPS) is 28.7. The van der Waals surface area contributed by atoms with Crippen molar-refractivity contribution >= 4 is 17.2 Å². The lowest BCUT2D eigenvalue weighted by atomic mass is 9.84. The molecule has 1 aliphatic heterocycles. The summed E-state index contributed by atoms with van der Waals surface area (Å²) in [4.78, 5) is 16.0. The molecular weight excluding hydrogens is 230 g/mol.